The molecule has 1 aliphatic carbocycles. The van der Waals surface area contributed by atoms with Crippen LogP contribution in [0.4, 0.5) is 0 Å². The first kappa shape index (κ1) is 24.4. The van der Waals surface area contributed by atoms with Crippen molar-refractivity contribution in [3.8, 4) is 0 Å². The molecule has 33 heavy (non-hydrogen) atoms. The summed E-state index contributed by atoms with van der Waals surface area (Å²) in [5.74, 6) is 0.104. The Balaban J connectivity index is 1.42. The van der Waals surface area contributed by atoms with E-state index < -0.39 is 12.3 Å². The van der Waals surface area contributed by atoms with E-state index in [2.05, 4.69) is 50.5 Å². The lowest BCUT2D eigenvalue weighted by Crippen LogP contribution is -2.51. The monoisotopic (exact) mass is 455 g/mol. The van der Waals surface area contributed by atoms with Crippen LogP contribution in [-0.2, 0) is 22.6 Å². The van der Waals surface area contributed by atoms with Crippen molar-refractivity contribution in [2.45, 2.75) is 110 Å². The molecule has 1 aromatic rings. The van der Waals surface area contributed by atoms with Gasteiger partial charge in [-0.05, 0) is 67.1 Å². The van der Waals surface area contributed by atoms with Gasteiger partial charge in [0.05, 0.1) is 6.04 Å². The van der Waals surface area contributed by atoms with Gasteiger partial charge in [0.1, 0.15) is 6.23 Å². The average molecular weight is 456 g/mol. The molecule has 2 amide bonds. The van der Waals surface area contributed by atoms with Gasteiger partial charge >= 0.3 is 0 Å². The van der Waals surface area contributed by atoms with E-state index in [1.165, 1.54) is 37.7 Å². The summed E-state index contributed by atoms with van der Waals surface area (Å²) in [7, 11) is 0. The zero-order valence-electron chi connectivity index (χ0n) is 20.7. The minimum absolute atomic E-state index is 0.225. The number of aliphatic hydroxyl groups excluding tert-OH is 1. The summed E-state index contributed by atoms with van der Waals surface area (Å²) in [6.07, 6.45) is 7.30. The van der Waals surface area contributed by atoms with Gasteiger partial charge in [-0.2, -0.15) is 0 Å². The van der Waals surface area contributed by atoms with Crippen LogP contribution in [0, 0.1) is 11.3 Å². The summed E-state index contributed by atoms with van der Waals surface area (Å²) in [6, 6.07) is 7.02. The Morgan fingerprint density at radius 1 is 1.18 bits per heavy atom. The van der Waals surface area contributed by atoms with Crippen LogP contribution in [0.1, 0.15) is 95.6 Å². The molecule has 5 atom stereocenters. The number of benzene rings is 1. The molecule has 0 spiro atoms. The molecule has 0 aromatic heterocycles. The molecule has 0 radical (unpaired) electrons. The fourth-order valence-corrected chi connectivity index (χ4v) is 6.23. The summed E-state index contributed by atoms with van der Waals surface area (Å²) in [5.41, 5.74) is 3.63. The van der Waals surface area contributed by atoms with Crippen LogP contribution in [0.3, 0.4) is 0 Å². The summed E-state index contributed by atoms with van der Waals surface area (Å²) in [5, 5.41) is 17.2. The standard InChI is InChI=1S/C27H41N3O3/c1-17(15-27(2,3)4)28-22-8-6-5-7-19(22)13-18-9-10-21-20(14-18)16-30(26(21)33)23-11-12-24(31)29-25(23)32/h9-10,14,17,19,22-23,26,28,33H,5-8,11-13,15-16H2,1-4H3,(H,29,31,32)/t17?,19-,22+,23?,26?/m1/s1. The highest BCUT2D eigenvalue weighted by molar-refractivity contribution is 6.00. The molecule has 3 N–H and O–H groups in total. The Morgan fingerprint density at radius 3 is 2.67 bits per heavy atom. The largest absolute Gasteiger partial charge is 0.374 e. The lowest BCUT2D eigenvalue weighted by atomic mass is 9.79. The maximum Gasteiger partial charge on any atom is 0.244 e. The maximum atomic E-state index is 12.3. The topological polar surface area (TPSA) is 81.7 Å². The highest BCUT2D eigenvalue weighted by Gasteiger charge is 2.39. The van der Waals surface area contributed by atoms with Crippen molar-refractivity contribution >= 4 is 11.8 Å². The summed E-state index contributed by atoms with van der Waals surface area (Å²) < 4.78 is 0. The fraction of sp³-hybridized carbons (Fsp3) is 0.704. The highest BCUT2D eigenvalue weighted by atomic mass is 16.3. The van der Waals surface area contributed by atoms with Gasteiger partial charge in [0.2, 0.25) is 11.8 Å². The van der Waals surface area contributed by atoms with Crippen LogP contribution in [0.5, 0.6) is 0 Å². The third-order valence-corrected chi connectivity index (χ3v) is 7.59. The SMILES string of the molecule is CC(CC(C)(C)C)N[C@H]1CCCC[C@@H]1Cc1ccc2c(c1)CN(C1CCC(=O)NC1=O)C2O. The van der Waals surface area contributed by atoms with Gasteiger partial charge in [0.15, 0.2) is 0 Å². The Morgan fingerprint density at radius 2 is 1.94 bits per heavy atom. The number of hydrogen-bond acceptors (Lipinski definition) is 5. The molecule has 3 aliphatic rings. The molecule has 1 aromatic carbocycles. The minimum Gasteiger partial charge on any atom is -0.374 e. The third-order valence-electron chi connectivity index (χ3n) is 7.59. The number of imide groups is 1. The summed E-state index contributed by atoms with van der Waals surface area (Å²) in [4.78, 5) is 25.7. The Kier molecular flexibility index (Phi) is 7.27. The van der Waals surface area contributed by atoms with Crippen LogP contribution in [0.25, 0.3) is 0 Å². The van der Waals surface area contributed by atoms with E-state index in [0.717, 1.165) is 17.5 Å². The molecular weight excluding hydrogens is 414 g/mol. The molecule has 1 saturated carbocycles. The van der Waals surface area contributed by atoms with Crippen molar-refractivity contribution < 1.29 is 14.7 Å². The summed E-state index contributed by atoms with van der Waals surface area (Å²) in [6.45, 7) is 9.78. The molecule has 2 aliphatic heterocycles. The number of fused-ring (bicyclic) bond motifs is 1. The number of nitrogens with one attached hydrogen (secondary N) is 2. The highest BCUT2D eigenvalue weighted by Crippen LogP contribution is 2.37. The lowest BCUT2D eigenvalue weighted by Gasteiger charge is -2.36. The van der Waals surface area contributed by atoms with E-state index in [4.69, 9.17) is 0 Å². The van der Waals surface area contributed by atoms with Gasteiger partial charge in [0, 0.05) is 25.0 Å². The number of piperidine rings is 1. The Hall–Kier alpha value is -1.76. The fourth-order valence-electron chi connectivity index (χ4n) is 6.23. The lowest BCUT2D eigenvalue weighted by molar-refractivity contribution is -0.141. The normalized spacial score (nSPS) is 29.6. The second kappa shape index (κ2) is 9.85. The molecule has 1 saturated heterocycles. The van der Waals surface area contributed by atoms with Crippen LogP contribution in [-0.4, -0.2) is 39.9 Å². The second-order valence-corrected chi connectivity index (χ2v) is 11.7. The van der Waals surface area contributed by atoms with Gasteiger partial charge < -0.3 is 10.4 Å². The predicted molar refractivity (Wildman–Crippen MR) is 129 cm³/mol. The Labute approximate surface area is 198 Å². The van der Waals surface area contributed by atoms with Gasteiger partial charge in [0.25, 0.3) is 0 Å². The number of hydrogen-bond donors (Lipinski definition) is 3. The first-order chi connectivity index (χ1) is 15.6. The van der Waals surface area contributed by atoms with E-state index in [1.807, 2.05) is 11.0 Å². The smallest absolute Gasteiger partial charge is 0.244 e. The van der Waals surface area contributed by atoms with E-state index in [1.54, 1.807) is 0 Å². The minimum atomic E-state index is -0.791. The van der Waals surface area contributed by atoms with E-state index in [0.29, 0.717) is 42.8 Å². The molecule has 182 valence electrons. The number of rotatable bonds is 6. The first-order valence-electron chi connectivity index (χ1n) is 12.8. The Bertz CT molecular complexity index is 878. The number of aliphatic hydroxyl groups is 1. The third kappa shape index (κ3) is 5.84. The van der Waals surface area contributed by atoms with Crippen LogP contribution >= 0.6 is 0 Å². The number of amides is 2. The van der Waals surface area contributed by atoms with Crippen molar-refractivity contribution in [2.75, 3.05) is 0 Å². The van der Waals surface area contributed by atoms with Gasteiger partial charge in [-0.3, -0.25) is 19.8 Å². The number of carbonyl (C=O) groups is 2. The molecule has 0 bridgehead atoms. The van der Waals surface area contributed by atoms with E-state index >= 15 is 0 Å². The summed E-state index contributed by atoms with van der Waals surface area (Å²) >= 11 is 0. The zero-order chi connectivity index (χ0) is 23.8. The molecule has 3 unspecified atom stereocenters. The molecule has 2 heterocycles. The van der Waals surface area contributed by atoms with Crippen molar-refractivity contribution in [1.82, 2.24) is 15.5 Å². The molecular formula is C27H41N3O3. The van der Waals surface area contributed by atoms with E-state index in [9.17, 15) is 14.7 Å². The molecule has 6 nitrogen and oxygen atoms in total. The molecule has 2 fully saturated rings. The van der Waals surface area contributed by atoms with Crippen molar-refractivity contribution in [3.05, 3.63) is 34.9 Å². The number of nitrogens with zero attached hydrogens (tertiary/aromatic N) is 1. The van der Waals surface area contributed by atoms with Crippen molar-refractivity contribution in [2.24, 2.45) is 11.3 Å². The first-order valence-corrected chi connectivity index (χ1v) is 12.8. The van der Waals surface area contributed by atoms with Crippen molar-refractivity contribution in [3.63, 3.8) is 0 Å². The molecule has 6 heteroatoms. The van der Waals surface area contributed by atoms with Crippen LogP contribution in [0.2, 0.25) is 0 Å². The van der Waals surface area contributed by atoms with E-state index in [-0.39, 0.29) is 11.8 Å². The number of carbonyl (C=O) groups excluding carboxylic acids is 2. The van der Waals surface area contributed by atoms with Crippen molar-refractivity contribution in [1.29, 1.82) is 0 Å². The van der Waals surface area contributed by atoms with Gasteiger partial charge in [-0.1, -0.05) is 51.8 Å². The van der Waals surface area contributed by atoms with Crippen LogP contribution < -0.4 is 10.6 Å². The van der Waals surface area contributed by atoms with Gasteiger partial charge in [-0.15, -0.1) is 0 Å². The quantitative estimate of drug-likeness (QED) is 0.568. The zero-order valence-corrected chi connectivity index (χ0v) is 20.7. The van der Waals surface area contributed by atoms with Crippen LogP contribution in [0.15, 0.2) is 18.2 Å². The maximum absolute atomic E-state index is 12.3. The second-order valence-electron chi connectivity index (χ2n) is 11.7. The average Bonchev–Trinajstić information content (AvgIpc) is 3.04. The molecule has 4 rings (SSSR count). The van der Waals surface area contributed by atoms with Gasteiger partial charge in [-0.25, -0.2) is 0 Å². The predicted octanol–water partition coefficient (Wildman–Crippen LogP) is 3.81.